The smallest absolute Gasteiger partial charge is 0.167 e. The van der Waals surface area contributed by atoms with Crippen molar-refractivity contribution in [2.75, 3.05) is 0 Å². The van der Waals surface area contributed by atoms with Crippen molar-refractivity contribution in [3.8, 4) is 56.8 Å². The summed E-state index contributed by atoms with van der Waals surface area (Å²) in [6.07, 6.45) is 0. The molecule has 0 radical (unpaired) electrons. The molecule has 0 aliphatic carbocycles. The van der Waals surface area contributed by atoms with E-state index in [0.29, 0.717) is 23.3 Å². The predicted molar refractivity (Wildman–Crippen MR) is 203 cm³/mol. The molecule has 10 rings (SSSR count). The van der Waals surface area contributed by atoms with Crippen molar-refractivity contribution in [1.29, 1.82) is 0 Å². The van der Waals surface area contributed by atoms with Gasteiger partial charge in [0.1, 0.15) is 11.2 Å². The first-order chi connectivity index (χ1) is 24.8. The zero-order valence-electron chi connectivity index (χ0n) is 26.5. The molecule has 0 fully saturated rings. The number of nitrogens with zero attached hydrogens (tertiary/aromatic N) is 5. The van der Waals surface area contributed by atoms with Gasteiger partial charge in [0.25, 0.3) is 0 Å². The Morgan fingerprint density at radius 1 is 0.420 bits per heavy atom. The lowest BCUT2D eigenvalue weighted by atomic mass is 10.0. The van der Waals surface area contributed by atoms with E-state index in [4.69, 9.17) is 29.3 Å². The number of hydrogen-bond donors (Lipinski definition) is 0. The van der Waals surface area contributed by atoms with E-state index in [1.54, 1.807) is 11.3 Å². The molecule has 4 heterocycles. The highest BCUT2D eigenvalue weighted by molar-refractivity contribution is 7.26. The fourth-order valence-corrected chi connectivity index (χ4v) is 7.71. The summed E-state index contributed by atoms with van der Waals surface area (Å²) in [5.74, 6) is 2.46. The van der Waals surface area contributed by atoms with Crippen molar-refractivity contribution >= 4 is 53.6 Å². The van der Waals surface area contributed by atoms with Crippen LogP contribution in [-0.4, -0.2) is 24.9 Å². The first-order valence-corrected chi connectivity index (χ1v) is 17.2. The van der Waals surface area contributed by atoms with E-state index < -0.39 is 0 Å². The molecule has 234 valence electrons. The number of aromatic nitrogens is 5. The monoisotopic (exact) mass is 659 g/mol. The molecule has 4 aromatic heterocycles. The van der Waals surface area contributed by atoms with Crippen molar-refractivity contribution in [2.24, 2.45) is 0 Å². The van der Waals surface area contributed by atoms with Gasteiger partial charge in [-0.15, -0.1) is 11.3 Å². The topological polar surface area (TPSA) is 77.6 Å². The Bertz CT molecular complexity index is 2810. The number of benzene rings is 6. The van der Waals surface area contributed by atoms with E-state index in [1.165, 1.54) is 4.70 Å². The van der Waals surface area contributed by atoms with Crippen molar-refractivity contribution < 1.29 is 4.42 Å². The Morgan fingerprint density at radius 3 is 1.68 bits per heavy atom. The Labute approximate surface area is 290 Å². The van der Waals surface area contributed by atoms with E-state index >= 15 is 0 Å². The maximum atomic E-state index is 6.74. The maximum Gasteiger partial charge on any atom is 0.167 e. The first-order valence-electron chi connectivity index (χ1n) is 16.3. The largest absolute Gasteiger partial charge is 0.455 e. The molecule has 0 atom stereocenters. The Kier molecular flexibility index (Phi) is 6.57. The molecule has 0 saturated heterocycles. The van der Waals surface area contributed by atoms with Crippen LogP contribution in [0.3, 0.4) is 0 Å². The summed E-state index contributed by atoms with van der Waals surface area (Å²) < 4.78 is 8.97. The standard InChI is InChI=1S/C43H25N5OS/c1-4-13-26(14-5-1)40-44-36(39-37(45-40)32-19-10-11-22-35(32)50-39)29-23-24-30-31-20-12-21-33(38(31)49-34(30)25-29)43-47-41(27-15-6-2-7-16-27)46-42(48-43)28-17-8-3-9-18-28/h1-25H. The number of furan rings is 1. The summed E-state index contributed by atoms with van der Waals surface area (Å²) in [4.78, 5) is 25.1. The van der Waals surface area contributed by atoms with E-state index in [0.717, 1.165) is 71.1 Å². The second kappa shape index (κ2) is 11.5. The minimum absolute atomic E-state index is 0.554. The molecule has 7 heteroatoms. The molecular weight excluding hydrogens is 635 g/mol. The minimum atomic E-state index is 0.554. The number of thiophene rings is 1. The molecule has 6 nitrogen and oxygen atoms in total. The summed E-state index contributed by atoms with van der Waals surface area (Å²) in [5.41, 5.74) is 7.91. The van der Waals surface area contributed by atoms with Gasteiger partial charge in [-0.3, -0.25) is 0 Å². The Hall–Kier alpha value is -6.57. The van der Waals surface area contributed by atoms with Crippen molar-refractivity contribution in [2.45, 2.75) is 0 Å². The van der Waals surface area contributed by atoms with Crippen LogP contribution < -0.4 is 0 Å². The number of rotatable bonds is 5. The van der Waals surface area contributed by atoms with Crippen LogP contribution in [0.5, 0.6) is 0 Å². The molecule has 0 aliphatic heterocycles. The van der Waals surface area contributed by atoms with Crippen LogP contribution in [0, 0.1) is 0 Å². The number of para-hydroxylation sites is 1. The highest BCUT2D eigenvalue weighted by atomic mass is 32.1. The molecule has 0 aliphatic rings. The third-order valence-electron chi connectivity index (χ3n) is 8.96. The predicted octanol–water partition coefficient (Wildman–Crippen LogP) is 11.3. The van der Waals surface area contributed by atoms with Crippen LogP contribution in [0.1, 0.15) is 0 Å². The van der Waals surface area contributed by atoms with Crippen LogP contribution in [0.2, 0.25) is 0 Å². The Balaban J connectivity index is 1.17. The highest BCUT2D eigenvalue weighted by Crippen LogP contribution is 2.42. The number of fused-ring (bicyclic) bond motifs is 6. The van der Waals surface area contributed by atoms with Crippen molar-refractivity contribution in [1.82, 2.24) is 24.9 Å². The van der Waals surface area contributed by atoms with Gasteiger partial charge in [0.15, 0.2) is 23.3 Å². The van der Waals surface area contributed by atoms with Crippen LogP contribution in [0.4, 0.5) is 0 Å². The quantitative estimate of drug-likeness (QED) is 0.183. The van der Waals surface area contributed by atoms with Gasteiger partial charge in [0.2, 0.25) is 0 Å². The highest BCUT2D eigenvalue weighted by Gasteiger charge is 2.20. The van der Waals surface area contributed by atoms with E-state index in [-0.39, 0.29) is 0 Å². The van der Waals surface area contributed by atoms with Crippen molar-refractivity contribution in [3.63, 3.8) is 0 Å². The summed E-state index contributed by atoms with van der Waals surface area (Å²) in [6, 6.07) is 51.1. The lowest BCUT2D eigenvalue weighted by Gasteiger charge is -2.08. The summed E-state index contributed by atoms with van der Waals surface area (Å²) in [7, 11) is 0. The third kappa shape index (κ3) is 4.75. The molecule has 0 bridgehead atoms. The average molecular weight is 660 g/mol. The van der Waals surface area contributed by atoms with E-state index in [1.807, 2.05) is 91.0 Å². The second-order valence-corrected chi connectivity index (χ2v) is 13.1. The normalized spacial score (nSPS) is 11.6. The molecule has 10 aromatic rings. The van der Waals surface area contributed by atoms with Crippen molar-refractivity contribution in [3.05, 3.63) is 152 Å². The zero-order valence-corrected chi connectivity index (χ0v) is 27.3. The maximum absolute atomic E-state index is 6.74. The zero-order chi connectivity index (χ0) is 33.0. The lowest BCUT2D eigenvalue weighted by Crippen LogP contribution is -2.00. The second-order valence-electron chi connectivity index (χ2n) is 12.1. The van der Waals surface area contributed by atoms with Gasteiger partial charge in [-0.2, -0.15) is 0 Å². The molecule has 0 spiro atoms. The van der Waals surface area contributed by atoms with E-state index in [2.05, 4.69) is 60.7 Å². The SMILES string of the molecule is c1ccc(-c2nc(-c3ccccc3)nc(-c3cccc4c3oc3cc(-c5nc(-c6ccccc6)nc6c5sc5ccccc56)ccc34)n2)cc1. The molecule has 50 heavy (non-hydrogen) atoms. The molecule has 0 unspecified atom stereocenters. The minimum Gasteiger partial charge on any atom is -0.455 e. The summed E-state index contributed by atoms with van der Waals surface area (Å²) >= 11 is 1.72. The van der Waals surface area contributed by atoms with E-state index in [9.17, 15) is 0 Å². The van der Waals surface area contributed by atoms with Gasteiger partial charge < -0.3 is 4.42 Å². The Morgan fingerprint density at radius 2 is 1.00 bits per heavy atom. The fraction of sp³-hybridized carbons (Fsp3) is 0. The molecule has 0 saturated carbocycles. The van der Waals surface area contributed by atoms with Gasteiger partial charge in [-0.25, -0.2) is 24.9 Å². The summed E-state index contributed by atoms with van der Waals surface area (Å²) in [6.45, 7) is 0. The van der Waals surface area contributed by atoms with Gasteiger partial charge in [0.05, 0.1) is 21.5 Å². The summed E-state index contributed by atoms with van der Waals surface area (Å²) in [5, 5.41) is 3.13. The number of hydrogen-bond acceptors (Lipinski definition) is 7. The van der Waals surface area contributed by atoms with Crippen LogP contribution >= 0.6 is 11.3 Å². The van der Waals surface area contributed by atoms with Gasteiger partial charge in [0, 0.05) is 43.1 Å². The van der Waals surface area contributed by atoms with Gasteiger partial charge in [-0.1, -0.05) is 127 Å². The molecule has 6 aromatic carbocycles. The van der Waals surface area contributed by atoms with Gasteiger partial charge >= 0.3 is 0 Å². The first kappa shape index (κ1) is 28.4. The fourth-order valence-electron chi connectivity index (χ4n) is 6.55. The molecule has 0 amide bonds. The van der Waals surface area contributed by atoms with Crippen LogP contribution in [0.25, 0.3) is 99.1 Å². The third-order valence-corrected chi connectivity index (χ3v) is 10.1. The average Bonchev–Trinajstić information content (AvgIpc) is 3.76. The lowest BCUT2D eigenvalue weighted by molar-refractivity contribution is 0.669. The molecular formula is C43H25N5OS. The van der Waals surface area contributed by atoms with Crippen LogP contribution in [0.15, 0.2) is 156 Å². The van der Waals surface area contributed by atoms with Crippen LogP contribution in [-0.2, 0) is 0 Å². The molecule has 0 N–H and O–H groups in total. The van der Waals surface area contributed by atoms with Gasteiger partial charge in [-0.05, 0) is 24.3 Å².